The Bertz CT molecular complexity index is 596. The van der Waals surface area contributed by atoms with Gasteiger partial charge < -0.3 is 14.6 Å². The maximum atomic E-state index is 11.6. The van der Waals surface area contributed by atoms with Gasteiger partial charge in [0.2, 0.25) is 5.43 Å². The molecule has 0 saturated carbocycles. The number of hydrogen-bond donors (Lipinski definition) is 2. The first-order valence-corrected chi connectivity index (χ1v) is 4.08. The van der Waals surface area contributed by atoms with Crippen LogP contribution in [0.4, 0.5) is 0 Å². The van der Waals surface area contributed by atoms with Crippen molar-refractivity contribution in [2.75, 3.05) is 0 Å². The minimum Gasteiger partial charge on any atom is -0.507 e. The van der Waals surface area contributed by atoms with Crippen molar-refractivity contribution >= 4 is 16.9 Å². The number of aromatic carboxylic acids is 1. The summed E-state index contributed by atoms with van der Waals surface area (Å²) in [6.07, 6.45) is 0.867. The number of benzene rings is 1. The molecule has 0 amide bonds. The van der Waals surface area contributed by atoms with Gasteiger partial charge in [0.1, 0.15) is 28.5 Å². The van der Waals surface area contributed by atoms with Crippen LogP contribution in [-0.2, 0) is 0 Å². The Balaban J connectivity index is 2.96. The maximum absolute atomic E-state index is 11.6. The average Bonchev–Trinajstić information content (AvgIpc) is 2.17. The van der Waals surface area contributed by atoms with Gasteiger partial charge >= 0.3 is 5.97 Å². The van der Waals surface area contributed by atoms with Gasteiger partial charge in [0, 0.05) is 0 Å². The zero-order valence-corrected chi connectivity index (χ0v) is 7.43. The summed E-state index contributed by atoms with van der Waals surface area (Å²) >= 11 is 0. The van der Waals surface area contributed by atoms with E-state index in [2.05, 4.69) is 0 Å². The number of rotatable bonds is 1. The summed E-state index contributed by atoms with van der Waals surface area (Å²) < 4.78 is 4.92. The molecular weight excluding hydrogens is 200 g/mol. The van der Waals surface area contributed by atoms with Gasteiger partial charge in [-0.1, -0.05) is 6.07 Å². The molecular formula is C10H6O5. The van der Waals surface area contributed by atoms with Crippen LogP contribution >= 0.6 is 0 Å². The molecule has 5 nitrogen and oxygen atoms in total. The smallest absolute Gasteiger partial charge is 0.342 e. The second kappa shape index (κ2) is 3.13. The van der Waals surface area contributed by atoms with Gasteiger partial charge in [0.15, 0.2) is 0 Å². The number of carboxylic acid groups (broad SMARTS) is 1. The Hall–Kier alpha value is -2.30. The van der Waals surface area contributed by atoms with E-state index in [-0.39, 0.29) is 16.7 Å². The molecule has 76 valence electrons. The summed E-state index contributed by atoms with van der Waals surface area (Å²) in [4.78, 5) is 22.2. The first-order valence-electron chi connectivity index (χ1n) is 4.08. The Morgan fingerprint density at radius 2 is 2.07 bits per heavy atom. The SMILES string of the molecule is O=C(O)c1coc2cccc(O)c2c1=O. The minimum absolute atomic E-state index is 0.114. The van der Waals surface area contributed by atoms with Crippen molar-refractivity contribution in [2.45, 2.75) is 0 Å². The number of phenolic OH excluding ortho intramolecular Hbond substituents is 1. The molecule has 15 heavy (non-hydrogen) atoms. The van der Waals surface area contributed by atoms with E-state index < -0.39 is 17.0 Å². The number of aromatic hydroxyl groups is 1. The number of phenols is 1. The third-order valence-corrected chi connectivity index (χ3v) is 2.01. The number of carbonyl (C=O) groups is 1. The number of hydrogen-bond acceptors (Lipinski definition) is 4. The van der Waals surface area contributed by atoms with E-state index in [0.29, 0.717) is 0 Å². The molecule has 1 aromatic heterocycles. The Morgan fingerprint density at radius 3 is 2.73 bits per heavy atom. The van der Waals surface area contributed by atoms with Crippen LogP contribution in [0.25, 0.3) is 11.0 Å². The van der Waals surface area contributed by atoms with Crippen molar-refractivity contribution in [3.63, 3.8) is 0 Å². The Labute approximate surface area is 83.2 Å². The third kappa shape index (κ3) is 1.34. The molecule has 1 heterocycles. The fourth-order valence-corrected chi connectivity index (χ4v) is 1.30. The molecule has 1 aromatic carbocycles. The zero-order chi connectivity index (χ0) is 11.0. The van der Waals surface area contributed by atoms with Gasteiger partial charge in [-0.05, 0) is 12.1 Å². The highest BCUT2D eigenvalue weighted by atomic mass is 16.4. The average molecular weight is 206 g/mol. The predicted octanol–water partition coefficient (Wildman–Crippen LogP) is 1.20. The van der Waals surface area contributed by atoms with E-state index >= 15 is 0 Å². The topological polar surface area (TPSA) is 87.7 Å². The molecule has 0 aliphatic carbocycles. The molecule has 0 radical (unpaired) electrons. The van der Waals surface area contributed by atoms with Gasteiger partial charge in [0.05, 0.1) is 0 Å². The Kier molecular flexibility index (Phi) is 1.93. The number of carboxylic acids is 1. The molecule has 5 heteroatoms. The van der Waals surface area contributed by atoms with Crippen molar-refractivity contribution in [3.8, 4) is 5.75 Å². The van der Waals surface area contributed by atoms with E-state index in [9.17, 15) is 14.7 Å². The van der Waals surface area contributed by atoms with E-state index in [4.69, 9.17) is 9.52 Å². The van der Waals surface area contributed by atoms with Crippen molar-refractivity contribution in [3.05, 3.63) is 40.2 Å². The fourth-order valence-electron chi connectivity index (χ4n) is 1.30. The number of fused-ring (bicyclic) bond motifs is 1. The van der Waals surface area contributed by atoms with Crippen LogP contribution in [0, 0.1) is 0 Å². The summed E-state index contributed by atoms with van der Waals surface area (Å²) in [5.74, 6) is -1.67. The molecule has 0 saturated heterocycles. The molecule has 2 N–H and O–H groups in total. The normalized spacial score (nSPS) is 10.4. The van der Waals surface area contributed by atoms with Crippen LogP contribution in [0.3, 0.4) is 0 Å². The van der Waals surface area contributed by atoms with Crippen molar-refractivity contribution in [1.82, 2.24) is 0 Å². The monoisotopic (exact) mass is 206 g/mol. The largest absolute Gasteiger partial charge is 0.507 e. The Morgan fingerprint density at radius 1 is 1.33 bits per heavy atom. The van der Waals surface area contributed by atoms with Gasteiger partial charge in [-0.3, -0.25) is 4.79 Å². The standard InChI is InChI=1S/C10H6O5/c11-6-2-1-3-7-8(6)9(12)5(4-15-7)10(13)14/h1-4,11H,(H,13,14). The summed E-state index contributed by atoms with van der Waals surface area (Å²) in [6, 6.07) is 4.27. The predicted molar refractivity (Wildman–Crippen MR) is 51.1 cm³/mol. The van der Waals surface area contributed by atoms with Crippen LogP contribution in [0.1, 0.15) is 10.4 Å². The molecule has 0 atom stereocenters. The lowest BCUT2D eigenvalue weighted by molar-refractivity contribution is 0.0693. The van der Waals surface area contributed by atoms with E-state index in [1.54, 1.807) is 0 Å². The first-order chi connectivity index (χ1) is 7.11. The van der Waals surface area contributed by atoms with Crippen molar-refractivity contribution in [2.24, 2.45) is 0 Å². The van der Waals surface area contributed by atoms with Gasteiger partial charge in [-0.2, -0.15) is 0 Å². The molecule has 0 unspecified atom stereocenters. The highest BCUT2D eigenvalue weighted by Crippen LogP contribution is 2.21. The molecule has 0 bridgehead atoms. The van der Waals surface area contributed by atoms with Crippen LogP contribution in [-0.4, -0.2) is 16.2 Å². The molecule has 2 aromatic rings. The van der Waals surface area contributed by atoms with Crippen molar-refractivity contribution in [1.29, 1.82) is 0 Å². The second-order valence-electron chi connectivity index (χ2n) is 2.93. The van der Waals surface area contributed by atoms with Gasteiger partial charge in [-0.25, -0.2) is 4.79 Å². The quantitative estimate of drug-likeness (QED) is 0.731. The van der Waals surface area contributed by atoms with Crippen molar-refractivity contribution < 1.29 is 19.4 Å². The summed E-state index contributed by atoms with van der Waals surface area (Å²) in [5.41, 5.74) is -1.09. The highest BCUT2D eigenvalue weighted by molar-refractivity contribution is 5.93. The summed E-state index contributed by atoms with van der Waals surface area (Å²) in [6.45, 7) is 0. The molecule has 0 spiro atoms. The summed E-state index contributed by atoms with van der Waals surface area (Å²) in [5, 5.41) is 18.0. The zero-order valence-electron chi connectivity index (χ0n) is 7.43. The van der Waals surface area contributed by atoms with E-state index in [0.717, 1.165) is 6.26 Å². The minimum atomic E-state index is -1.38. The third-order valence-electron chi connectivity index (χ3n) is 2.01. The summed E-state index contributed by atoms with van der Waals surface area (Å²) in [7, 11) is 0. The highest BCUT2D eigenvalue weighted by Gasteiger charge is 2.14. The lowest BCUT2D eigenvalue weighted by atomic mass is 10.1. The maximum Gasteiger partial charge on any atom is 0.342 e. The van der Waals surface area contributed by atoms with E-state index in [1.165, 1.54) is 18.2 Å². The van der Waals surface area contributed by atoms with Crippen LogP contribution in [0.15, 0.2) is 33.7 Å². The fraction of sp³-hybridized carbons (Fsp3) is 0. The molecule has 0 aliphatic heterocycles. The second-order valence-corrected chi connectivity index (χ2v) is 2.93. The van der Waals surface area contributed by atoms with Crippen LogP contribution < -0.4 is 5.43 Å². The van der Waals surface area contributed by atoms with Gasteiger partial charge in [0.25, 0.3) is 0 Å². The molecule has 0 fully saturated rings. The molecule has 2 rings (SSSR count). The van der Waals surface area contributed by atoms with E-state index in [1.807, 2.05) is 0 Å². The molecule has 0 aliphatic rings. The van der Waals surface area contributed by atoms with Crippen LogP contribution in [0.2, 0.25) is 0 Å². The van der Waals surface area contributed by atoms with Gasteiger partial charge in [-0.15, -0.1) is 0 Å². The van der Waals surface area contributed by atoms with Crippen LogP contribution in [0.5, 0.6) is 5.75 Å². The first kappa shape index (κ1) is 9.26. The lowest BCUT2D eigenvalue weighted by Crippen LogP contribution is -2.14. The lowest BCUT2D eigenvalue weighted by Gasteiger charge is -1.99.